The minimum Gasteiger partial charge on any atom is -0.355 e. The van der Waals surface area contributed by atoms with Crippen LogP contribution >= 0.6 is 0 Å². The zero-order chi connectivity index (χ0) is 26.3. The van der Waals surface area contributed by atoms with Crippen molar-refractivity contribution in [2.45, 2.75) is 65.3 Å². The molecule has 2 nitrogen and oxygen atoms in total. The Labute approximate surface area is 220 Å². The van der Waals surface area contributed by atoms with Gasteiger partial charge in [-0.05, 0) is 61.8 Å². The Morgan fingerprint density at radius 3 is 2.50 bits per heavy atom. The average molecular weight is 483 g/mol. The third-order valence-electron chi connectivity index (χ3n) is 6.77. The van der Waals surface area contributed by atoms with Gasteiger partial charge in [0.15, 0.2) is 0 Å². The summed E-state index contributed by atoms with van der Waals surface area (Å²) >= 11 is 0. The maximum atomic E-state index is 6.61. The van der Waals surface area contributed by atoms with Gasteiger partial charge >= 0.3 is 0 Å². The van der Waals surface area contributed by atoms with Crippen molar-refractivity contribution in [3.63, 3.8) is 0 Å². The van der Waals surface area contributed by atoms with Gasteiger partial charge in [0.1, 0.15) is 0 Å². The summed E-state index contributed by atoms with van der Waals surface area (Å²) in [5.74, 6) is 0.506. The molecule has 3 N–H and O–H groups in total. The van der Waals surface area contributed by atoms with Crippen LogP contribution in [0.3, 0.4) is 0 Å². The first-order valence-corrected chi connectivity index (χ1v) is 13.4. The van der Waals surface area contributed by atoms with Crippen molar-refractivity contribution in [2.24, 2.45) is 17.6 Å². The lowest BCUT2D eigenvalue weighted by Crippen LogP contribution is -2.29. The Morgan fingerprint density at radius 2 is 1.83 bits per heavy atom. The molecule has 0 saturated heterocycles. The zero-order valence-electron chi connectivity index (χ0n) is 22.7. The lowest BCUT2D eigenvalue weighted by atomic mass is 9.84. The number of unbranched alkanes of at least 4 members (excludes halogenated alkanes) is 2. The van der Waals surface area contributed by atoms with Crippen LogP contribution in [0.2, 0.25) is 0 Å². The van der Waals surface area contributed by atoms with E-state index in [9.17, 15) is 0 Å². The first-order chi connectivity index (χ1) is 17.4. The monoisotopic (exact) mass is 482 g/mol. The molecule has 0 bridgehead atoms. The highest BCUT2D eigenvalue weighted by Gasteiger charge is 2.20. The summed E-state index contributed by atoms with van der Waals surface area (Å²) in [6, 6.07) is 10.2. The molecule has 3 atom stereocenters. The van der Waals surface area contributed by atoms with Crippen molar-refractivity contribution < 1.29 is 0 Å². The van der Waals surface area contributed by atoms with E-state index in [4.69, 9.17) is 5.73 Å². The van der Waals surface area contributed by atoms with Crippen LogP contribution in [-0.4, -0.2) is 6.04 Å². The molecule has 0 heterocycles. The number of benzene rings is 1. The number of nitrogens with one attached hydrogen (secondary N) is 1. The second-order valence-electron chi connectivity index (χ2n) is 9.58. The molecule has 0 spiro atoms. The van der Waals surface area contributed by atoms with E-state index in [1.165, 1.54) is 24.8 Å². The largest absolute Gasteiger partial charge is 0.355 e. The van der Waals surface area contributed by atoms with Crippen molar-refractivity contribution in [1.82, 2.24) is 0 Å². The van der Waals surface area contributed by atoms with Crippen LogP contribution in [0.4, 0.5) is 5.69 Å². The van der Waals surface area contributed by atoms with Crippen LogP contribution < -0.4 is 11.1 Å². The standard InChI is InChI=1S/C34H46N2/c1-7-10-13-17-27(5)31(9-3)33(35)23-21-26(4)29-22-24-34(36-30-19-15-12-16-20-30)32(25-29)28(6)18-14-11-8-2/h8,11-12,14-16,18-21,23-25,29,31,33,36H,4-7,9-10,13,17,22,35H2,1-3H3/b11-8-,18-14-,23-21-. The minimum atomic E-state index is -0.0440. The Hall–Kier alpha value is -3.10. The summed E-state index contributed by atoms with van der Waals surface area (Å²) < 4.78 is 0. The van der Waals surface area contributed by atoms with Gasteiger partial charge in [0.25, 0.3) is 0 Å². The minimum absolute atomic E-state index is 0.0440. The van der Waals surface area contributed by atoms with Gasteiger partial charge in [-0.25, -0.2) is 0 Å². The molecule has 0 saturated carbocycles. The fourth-order valence-electron chi connectivity index (χ4n) is 4.53. The maximum absolute atomic E-state index is 6.61. The first-order valence-electron chi connectivity index (χ1n) is 13.4. The number of hydrogen-bond donors (Lipinski definition) is 2. The first kappa shape index (κ1) is 29.1. The number of rotatable bonds is 15. The normalized spacial score (nSPS) is 17.7. The Balaban J connectivity index is 2.16. The van der Waals surface area contributed by atoms with Crippen molar-refractivity contribution >= 4 is 5.69 Å². The van der Waals surface area contributed by atoms with Crippen LogP contribution in [0.25, 0.3) is 0 Å². The lowest BCUT2D eigenvalue weighted by Gasteiger charge is -2.25. The third-order valence-corrected chi connectivity index (χ3v) is 6.77. The molecule has 2 heteroatoms. The molecule has 1 aromatic rings. The summed E-state index contributed by atoms with van der Waals surface area (Å²) in [4.78, 5) is 0. The molecule has 0 radical (unpaired) electrons. The quantitative estimate of drug-likeness (QED) is 0.148. The van der Waals surface area contributed by atoms with Crippen LogP contribution in [0.1, 0.15) is 59.3 Å². The average Bonchev–Trinajstić information content (AvgIpc) is 2.88. The number of hydrogen-bond acceptors (Lipinski definition) is 2. The van der Waals surface area contributed by atoms with E-state index in [0.29, 0.717) is 5.92 Å². The Morgan fingerprint density at radius 1 is 1.08 bits per heavy atom. The van der Waals surface area contributed by atoms with Crippen molar-refractivity contribution in [1.29, 1.82) is 0 Å². The molecule has 0 fully saturated rings. The highest BCUT2D eigenvalue weighted by molar-refractivity contribution is 5.61. The molecule has 1 aliphatic carbocycles. The SMILES string of the molecule is C=C(/C=C\C=C/C)C1=CC(C(=C)/C=C\C(N)C(CC)C(=C)CCCCC)CC=C1Nc1ccccc1. The predicted octanol–water partition coefficient (Wildman–Crippen LogP) is 9.22. The summed E-state index contributed by atoms with van der Waals surface area (Å²) in [5.41, 5.74) is 13.2. The highest BCUT2D eigenvalue weighted by Crippen LogP contribution is 2.33. The molecule has 192 valence electrons. The molecule has 0 aromatic heterocycles. The predicted molar refractivity (Wildman–Crippen MR) is 161 cm³/mol. The molecule has 0 amide bonds. The van der Waals surface area contributed by atoms with Gasteiger partial charge in [-0.15, -0.1) is 0 Å². The van der Waals surface area contributed by atoms with E-state index in [-0.39, 0.29) is 12.0 Å². The van der Waals surface area contributed by atoms with Gasteiger partial charge in [-0.2, -0.15) is 0 Å². The summed E-state index contributed by atoms with van der Waals surface area (Å²) in [5, 5.41) is 3.57. The van der Waals surface area contributed by atoms with Gasteiger partial charge in [0.05, 0.1) is 0 Å². The topological polar surface area (TPSA) is 38.0 Å². The molecule has 2 rings (SSSR count). The highest BCUT2D eigenvalue weighted by atomic mass is 14.9. The van der Waals surface area contributed by atoms with Crippen LogP contribution in [0, 0.1) is 11.8 Å². The molecule has 0 aliphatic heterocycles. The number of anilines is 1. The fraction of sp³-hybridized carbons (Fsp3) is 0.353. The van der Waals surface area contributed by atoms with Crippen LogP contribution in [0.5, 0.6) is 0 Å². The van der Waals surface area contributed by atoms with Crippen LogP contribution in [0.15, 0.2) is 127 Å². The van der Waals surface area contributed by atoms with E-state index < -0.39 is 0 Å². The third kappa shape index (κ3) is 9.17. The second-order valence-corrected chi connectivity index (χ2v) is 9.58. The molecule has 1 aromatic carbocycles. The smallest absolute Gasteiger partial charge is 0.0420 e. The lowest BCUT2D eigenvalue weighted by molar-refractivity contribution is 0.504. The van der Waals surface area contributed by atoms with Gasteiger partial charge in [0, 0.05) is 28.9 Å². The zero-order valence-corrected chi connectivity index (χ0v) is 22.7. The second kappa shape index (κ2) is 15.8. The van der Waals surface area contributed by atoms with E-state index in [1.807, 2.05) is 43.4 Å². The Bertz CT molecular complexity index is 1020. The molecule has 36 heavy (non-hydrogen) atoms. The molecular weight excluding hydrogens is 436 g/mol. The Kier molecular flexibility index (Phi) is 12.8. The van der Waals surface area contributed by atoms with Gasteiger partial charge in [-0.3, -0.25) is 0 Å². The molecule has 3 unspecified atom stereocenters. The van der Waals surface area contributed by atoms with Gasteiger partial charge < -0.3 is 11.1 Å². The van der Waals surface area contributed by atoms with Gasteiger partial charge in [-0.1, -0.05) is 119 Å². The van der Waals surface area contributed by atoms with E-state index >= 15 is 0 Å². The van der Waals surface area contributed by atoms with Crippen molar-refractivity contribution in [2.75, 3.05) is 5.32 Å². The number of para-hydroxylation sites is 1. The maximum Gasteiger partial charge on any atom is 0.0420 e. The summed E-state index contributed by atoms with van der Waals surface area (Å²) in [7, 11) is 0. The van der Waals surface area contributed by atoms with Crippen molar-refractivity contribution in [3.8, 4) is 0 Å². The van der Waals surface area contributed by atoms with E-state index in [2.05, 4.69) is 81.4 Å². The number of allylic oxidation sites excluding steroid dienone is 9. The molecule has 1 aliphatic rings. The van der Waals surface area contributed by atoms with E-state index in [1.54, 1.807) is 0 Å². The fourth-order valence-corrected chi connectivity index (χ4v) is 4.53. The van der Waals surface area contributed by atoms with E-state index in [0.717, 1.165) is 47.4 Å². The molecular formula is C34H46N2. The number of nitrogens with two attached hydrogens (primary N) is 1. The summed E-state index contributed by atoms with van der Waals surface area (Å²) in [6.07, 6.45) is 23.5. The van der Waals surface area contributed by atoms with Crippen molar-refractivity contribution in [3.05, 3.63) is 127 Å². The van der Waals surface area contributed by atoms with Gasteiger partial charge in [0.2, 0.25) is 0 Å². The van der Waals surface area contributed by atoms with Crippen LogP contribution in [-0.2, 0) is 0 Å². The summed E-state index contributed by atoms with van der Waals surface area (Å²) in [6.45, 7) is 19.5.